The molecule has 18 heavy (non-hydrogen) atoms. The van der Waals surface area contributed by atoms with E-state index in [1.807, 2.05) is 0 Å². The number of hydrogen-bond donors (Lipinski definition) is 0. The van der Waals surface area contributed by atoms with E-state index in [0.29, 0.717) is 5.69 Å². The van der Waals surface area contributed by atoms with Crippen molar-refractivity contribution in [1.82, 2.24) is 4.31 Å². The maximum Gasteiger partial charge on any atom is 0.289 e. The van der Waals surface area contributed by atoms with Gasteiger partial charge in [0, 0.05) is 39.9 Å². The summed E-state index contributed by atoms with van der Waals surface area (Å²) in [6.07, 6.45) is 0. The Morgan fingerprint density at radius 2 is 1.72 bits per heavy atom. The molecule has 0 heterocycles. The van der Waals surface area contributed by atoms with Crippen LogP contribution in [0.4, 0.5) is 11.4 Å². The molecule has 0 bridgehead atoms. The van der Waals surface area contributed by atoms with Gasteiger partial charge < -0.3 is 4.90 Å². The predicted octanol–water partition coefficient (Wildman–Crippen LogP) is 0.911. The van der Waals surface area contributed by atoms with Gasteiger partial charge in [-0.3, -0.25) is 10.1 Å². The number of hydrogen-bond acceptors (Lipinski definition) is 5. The number of anilines is 1. The van der Waals surface area contributed by atoms with Crippen LogP contribution in [-0.2, 0) is 10.0 Å². The van der Waals surface area contributed by atoms with Gasteiger partial charge in [-0.05, 0) is 12.1 Å². The Bertz CT molecular complexity index is 566. The highest BCUT2D eigenvalue weighted by atomic mass is 32.2. The standard InChI is InChI=1S/C10H15N3O4S/c1-11(2)8-5-6-9(13(14)15)10(7-8)18(16,17)12(3)4/h5-7H,1-4H3. The van der Waals surface area contributed by atoms with Crippen LogP contribution in [0.3, 0.4) is 0 Å². The third-order valence-electron chi connectivity index (χ3n) is 2.42. The Hall–Kier alpha value is -1.67. The molecule has 0 radical (unpaired) electrons. The summed E-state index contributed by atoms with van der Waals surface area (Å²) in [5.41, 5.74) is 0.162. The molecule has 1 aromatic carbocycles. The smallest absolute Gasteiger partial charge is 0.289 e. The maximum absolute atomic E-state index is 12.0. The van der Waals surface area contributed by atoms with Crippen molar-refractivity contribution in [2.24, 2.45) is 0 Å². The van der Waals surface area contributed by atoms with E-state index in [-0.39, 0.29) is 4.90 Å². The SMILES string of the molecule is CN(C)c1ccc([N+](=O)[O-])c(S(=O)(=O)N(C)C)c1. The molecule has 1 aromatic rings. The minimum atomic E-state index is -3.84. The lowest BCUT2D eigenvalue weighted by molar-refractivity contribution is -0.387. The number of nitrogens with zero attached hydrogens (tertiary/aromatic N) is 3. The van der Waals surface area contributed by atoms with Crippen LogP contribution in [0.25, 0.3) is 0 Å². The van der Waals surface area contributed by atoms with Crippen molar-refractivity contribution in [3.05, 3.63) is 28.3 Å². The monoisotopic (exact) mass is 273 g/mol. The van der Waals surface area contributed by atoms with Crippen LogP contribution in [0.15, 0.2) is 23.1 Å². The zero-order valence-corrected chi connectivity index (χ0v) is 11.4. The van der Waals surface area contributed by atoms with Crippen molar-refractivity contribution >= 4 is 21.4 Å². The second-order valence-corrected chi connectivity index (χ2v) is 6.21. The van der Waals surface area contributed by atoms with E-state index in [1.54, 1.807) is 19.0 Å². The second-order valence-electron chi connectivity index (χ2n) is 4.09. The van der Waals surface area contributed by atoms with Crippen LogP contribution in [0.5, 0.6) is 0 Å². The third-order valence-corrected chi connectivity index (χ3v) is 4.26. The first-order valence-electron chi connectivity index (χ1n) is 5.06. The molecule has 7 nitrogen and oxygen atoms in total. The minimum absolute atomic E-state index is 0.302. The largest absolute Gasteiger partial charge is 0.378 e. The van der Waals surface area contributed by atoms with Gasteiger partial charge in [0.05, 0.1) is 4.92 Å². The number of sulfonamides is 1. The van der Waals surface area contributed by atoms with Crippen LogP contribution < -0.4 is 4.90 Å². The van der Waals surface area contributed by atoms with Crippen molar-refractivity contribution in [3.63, 3.8) is 0 Å². The Labute approximate surface area is 106 Å². The molecule has 0 saturated heterocycles. The molecule has 1 rings (SSSR count). The van der Waals surface area contributed by atoms with E-state index >= 15 is 0 Å². The molecular formula is C10H15N3O4S. The van der Waals surface area contributed by atoms with E-state index in [4.69, 9.17) is 0 Å². The molecule has 0 unspecified atom stereocenters. The molecule has 0 atom stereocenters. The number of nitro groups is 1. The van der Waals surface area contributed by atoms with Crippen molar-refractivity contribution in [2.75, 3.05) is 33.1 Å². The summed E-state index contributed by atoms with van der Waals surface area (Å²) in [5.74, 6) is 0. The first-order chi connectivity index (χ1) is 8.17. The van der Waals surface area contributed by atoms with Crippen molar-refractivity contribution in [2.45, 2.75) is 4.90 Å². The summed E-state index contributed by atoms with van der Waals surface area (Å²) < 4.78 is 25.0. The highest BCUT2D eigenvalue weighted by molar-refractivity contribution is 7.89. The molecule has 0 fully saturated rings. The van der Waals surface area contributed by atoms with E-state index in [0.717, 1.165) is 4.31 Å². The summed E-state index contributed by atoms with van der Waals surface area (Å²) in [6.45, 7) is 0. The zero-order valence-electron chi connectivity index (χ0n) is 10.6. The highest BCUT2D eigenvalue weighted by Gasteiger charge is 2.28. The maximum atomic E-state index is 12.0. The fourth-order valence-corrected chi connectivity index (χ4v) is 2.41. The zero-order chi connectivity index (χ0) is 14.1. The highest BCUT2D eigenvalue weighted by Crippen LogP contribution is 2.29. The molecule has 0 amide bonds. The van der Waals surface area contributed by atoms with Gasteiger partial charge in [-0.15, -0.1) is 0 Å². The fraction of sp³-hybridized carbons (Fsp3) is 0.400. The van der Waals surface area contributed by atoms with Crippen molar-refractivity contribution in [3.8, 4) is 0 Å². The van der Waals surface area contributed by atoms with Crippen molar-refractivity contribution in [1.29, 1.82) is 0 Å². The molecule has 0 aliphatic carbocycles. The van der Waals surface area contributed by atoms with Gasteiger partial charge in [-0.25, -0.2) is 12.7 Å². The summed E-state index contributed by atoms with van der Waals surface area (Å²) >= 11 is 0. The Morgan fingerprint density at radius 3 is 2.11 bits per heavy atom. The number of benzene rings is 1. The predicted molar refractivity (Wildman–Crippen MR) is 68.3 cm³/mol. The lowest BCUT2D eigenvalue weighted by atomic mass is 10.2. The molecule has 0 aliphatic heterocycles. The molecule has 0 spiro atoms. The van der Waals surface area contributed by atoms with Crippen LogP contribution in [0.2, 0.25) is 0 Å². The molecule has 8 heteroatoms. The van der Waals surface area contributed by atoms with E-state index in [1.165, 1.54) is 32.3 Å². The number of rotatable bonds is 4. The van der Waals surface area contributed by atoms with Crippen LogP contribution >= 0.6 is 0 Å². The summed E-state index contributed by atoms with van der Waals surface area (Å²) in [5, 5.41) is 10.9. The molecule has 0 aromatic heterocycles. The lowest BCUT2D eigenvalue weighted by Gasteiger charge is -2.16. The second kappa shape index (κ2) is 4.91. The molecule has 0 N–H and O–H groups in total. The Kier molecular flexibility index (Phi) is 3.92. The van der Waals surface area contributed by atoms with Crippen LogP contribution in [0, 0.1) is 10.1 Å². The molecule has 0 aliphatic rings. The summed E-state index contributed by atoms with van der Waals surface area (Å²) in [6, 6.07) is 4.01. The molecule has 100 valence electrons. The average Bonchev–Trinajstić information content (AvgIpc) is 2.27. The van der Waals surface area contributed by atoms with Gasteiger partial charge >= 0.3 is 0 Å². The van der Waals surface area contributed by atoms with E-state index in [9.17, 15) is 18.5 Å². The van der Waals surface area contributed by atoms with E-state index < -0.39 is 20.6 Å². The lowest BCUT2D eigenvalue weighted by Crippen LogP contribution is -2.23. The first-order valence-corrected chi connectivity index (χ1v) is 6.50. The van der Waals surface area contributed by atoms with Gasteiger partial charge in [0.25, 0.3) is 5.69 Å². The van der Waals surface area contributed by atoms with Crippen LogP contribution in [-0.4, -0.2) is 45.8 Å². The minimum Gasteiger partial charge on any atom is -0.378 e. The van der Waals surface area contributed by atoms with Crippen molar-refractivity contribution < 1.29 is 13.3 Å². The van der Waals surface area contributed by atoms with Gasteiger partial charge in [0.15, 0.2) is 4.90 Å². The van der Waals surface area contributed by atoms with Gasteiger partial charge in [0.1, 0.15) is 0 Å². The average molecular weight is 273 g/mol. The summed E-state index contributed by atoms with van der Waals surface area (Å²) in [7, 11) is 2.28. The Balaban J connectivity index is 3.57. The van der Waals surface area contributed by atoms with Crippen LogP contribution in [0.1, 0.15) is 0 Å². The first kappa shape index (κ1) is 14.4. The molecular weight excluding hydrogens is 258 g/mol. The Morgan fingerprint density at radius 1 is 1.17 bits per heavy atom. The topological polar surface area (TPSA) is 83.8 Å². The fourth-order valence-electron chi connectivity index (χ4n) is 1.34. The third kappa shape index (κ3) is 2.59. The quantitative estimate of drug-likeness (QED) is 0.601. The van der Waals surface area contributed by atoms with E-state index in [2.05, 4.69) is 0 Å². The van der Waals surface area contributed by atoms with Gasteiger partial charge in [-0.1, -0.05) is 0 Å². The van der Waals surface area contributed by atoms with Gasteiger partial charge in [-0.2, -0.15) is 0 Å². The molecule has 0 saturated carbocycles. The summed E-state index contributed by atoms with van der Waals surface area (Å²) in [4.78, 5) is 11.6. The normalized spacial score (nSPS) is 11.6. The number of nitro benzene ring substituents is 1. The van der Waals surface area contributed by atoms with Gasteiger partial charge in [0.2, 0.25) is 10.0 Å².